The first-order valence-corrected chi connectivity index (χ1v) is 6.65. The van der Waals surface area contributed by atoms with Crippen LogP contribution in [0, 0.1) is 0 Å². The van der Waals surface area contributed by atoms with Crippen molar-refractivity contribution in [2.75, 3.05) is 6.54 Å². The first kappa shape index (κ1) is 13.7. The van der Waals surface area contributed by atoms with E-state index in [1.807, 2.05) is 0 Å². The van der Waals surface area contributed by atoms with Gasteiger partial charge in [0, 0.05) is 12.6 Å². The smallest absolute Gasteiger partial charge is 0.271 e. The minimum atomic E-state index is -0.811. The Morgan fingerprint density at radius 2 is 2.00 bits per heavy atom. The van der Waals surface area contributed by atoms with Crippen molar-refractivity contribution < 1.29 is 9.90 Å². The van der Waals surface area contributed by atoms with E-state index in [-0.39, 0.29) is 23.7 Å². The van der Waals surface area contributed by atoms with Crippen molar-refractivity contribution in [2.24, 2.45) is 0 Å². The SMILES string of the molecule is O=C(NCC1(O)CCCCCC1)c1ccc(=O)[nH]n1. The first-order chi connectivity index (χ1) is 9.09. The first-order valence-electron chi connectivity index (χ1n) is 6.65. The molecule has 0 atom stereocenters. The molecule has 6 nitrogen and oxygen atoms in total. The van der Waals surface area contributed by atoms with Gasteiger partial charge in [-0.15, -0.1) is 0 Å². The van der Waals surface area contributed by atoms with Gasteiger partial charge in [0.2, 0.25) is 0 Å². The minimum absolute atomic E-state index is 0.150. The maximum absolute atomic E-state index is 11.8. The van der Waals surface area contributed by atoms with Gasteiger partial charge >= 0.3 is 0 Å². The molecule has 2 rings (SSSR count). The second-order valence-electron chi connectivity index (χ2n) is 5.13. The monoisotopic (exact) mass is 265 g/mol. The predicted molar refractivity (Wildman–Crippen MR) is 69.8 cm³/mol. The van der Waals surface area contributed by atoms with E-state index in [1.54, 1.807) is 0 Å². The maximum Gasteiger partial charge on any atom is 0.271 e. The molecule has 1 fully saturated rings. The Hall–Kier alpha value is -1.69. The van der Waals surface area contributed by atoms with E-state index >= 15 is 0 Å². The molecule has 1 aliphatic carbocycles. The lowest BCUT2D eigenvalue weighted by Gasteiger charge is -2.26. The Morgan fingerprint density at radius 3 is 2.58 bits per heavy atom. The molecule has 0 aromatic carbocycles. The summed E-state index contributed by atoms with van der Waals surface area (Å²) in [6.07, 6.45) is 5.68. The Kier molecular flexibility index (Phi) is 4.31. The summed E-state index contributed by atoms with van der Waals surface area (Å²) < 4.78 is 0. The molecular weight excluding hydrogens is 246 g/mol. The van der Waals surface area contributed by atoms with E-state index in [9.17, 15) is 14.7 Å². The lowest BCUT2D eigenvalue weighted by Crippen LogP contribution is -2.42. The predicted octanol–water partition coefficient (Wildman–Crippen LogP) is 0.585. The average molecular weight is 265 g/mol. The van der Waals surface area contributed by atoms with E-state index in [2.05, 4.69) is 15.5 Å². The summed E-state index contributed by atoms with van der Waals surface area (Å²) in [5.74, 6) is -0.381. The molecule has 6 heteroatoms. The van der Waals surface area contributed by atoms with Crippen LogP contribution in [0.1, 0.15) is 49.0 Å². The molecule has 1 aromatic rings. The van der Waals surface area contributed by atoms with E-state index in [0.29, 0.717) is 12.8 Å². The summed E-state index contributed by atoms with van der Waals surface area (Å²) >= 11 is 0. The van der Waals surface area contributed by atoms with Gasteiger partial charge in [0.15, 0.2) is 0 Å². The molecular formula is C13H19N3O3. The highest BCUT2D eigenvalue weighted by Gasteiger charge is 2.28. The largest absolute Gasteiger partial charge is 0.388 e. The highest BCUT2D eigenvalue weighted by atomic mass is 16.3. The number of amides is 1. The summed E-state index contributed by atoms with van der Waals surface area (Å²) in [6, 6.07) is 2.62. The van der Waals surface area contributed by atoms with E-state index in [4.69, 9.17) is 0 Å². The van der Waals surface area contributed by atoms with Crippen molar-refractivity contribution in [1.82, 2.24) is 15.5 Å². The third-order valence-electron chi connectivity index (χ3n) is 3.52. The fraction of sp³-hybridized carbons (Fsp3) is 0.615. The molecule has 104 valence electrons. The van der Waals surface area contributed by atoms with Crippen LogP contribution in [-0.4, -0.2) is 33.4 Å². The van der Waals surface area contributed by atoms with Gasteiger partial charge in [0.25, 0.3) is 11.5 Å². The molecule has 1 saturated carbocycles. The van der Waals surface area contributed by atoms with Crippen LogP contribution >= 0.6 is 0 Å². The number of aromatic nitrogens is 2. The van der Waals surface area contributed by atoms with Crippen molar-refractivity contribution in [2.45, 2.75) is 44.1 Å². The van der Waals surface area contributed by atoms with E-state index in [0.717, 1.165) is 25.7 Å². The molecule has 0 saturated heterocycles. The van der Waals surface area contributed by atoms with Crippen LogP contribution in [0.4, 0.5) is 0 Å². The zero-order valence-electron chi connectivity index (χ0n) is 10.8. The highest BCUT2D eigenvalue weighted by molar-refractivity contribution is 5.92. The molecule has 1 aromatic heterocycles. The lowest BCUT2D eigenvalue weighted by molar-refractivity contribution is 0.0245. The maximum atomic E-state index is 11.8. The lowest BCUT2D eigenvalue weighted by atomic mass is 9.94. The molecule has 0 bridgehead atoms. The normalized spacial score (nSPS) is 18.6. The number of hydrogen-bond donors (Lipinski definition) is 3. The van der Waals surface area contributed by atoms with Crippen LogP contribution in [0.25, 0.3) is 0 Å². The summed E-state index contributed by atoms with van der Waals surface area (Å²) in [5.41, 5.74) is -1.01. The van der Waals surface area contributed by atoms with Gasteiger partial charge in [0.05, 0.1) is 5.60 Å². The molecule has 0 aliphatic heterocycles. The molecule has 19 heavy (non-hydrogen) atoms. The van der Waals surface area contributed by atoms with Crippen LogP contribution in [0.5, 0.6) is 0 Å². The molecule has 0 unspecified atom stereocenters. The summed E-state index contributed by atoms with van der Waals surface area (Å²) in [4.78, 5) is 22.7. The third kappa shape index (κ3) is 3.89. The highest BCUT2D eigenvalue weighted by Crippen LogP contribution is 2.26. The zero-order valence-corrected chi connectivity index (χ0v) is 10.8. The molecule has 0 spiro atoms. The van der Waals surface area contributed by atoms with Gasteiger partial charge in [-0.2, -0.15) is 5.10 Å². The Bertz CT molecular complexity index is 470. The van der Waals surface area contributed by atoms with Gasteiger partial charge in [0.1, 0.15) is 5.69 Å². The van der Waals surface area contributed by atoms with E-state index < -0.39 is 5.60 Å². The van der Waals surface area contributed by atoms with Crippen LogP contribution < -0.4 is 10.9 Å². The van der Waals surface area contributed by atoms with Crippen molar-refractivity contribution in [1.29, 1.82) is 0 Å². The van der Waals surface area contributed by atoms with Crippen molar-refractivity contribution in [3.8, 4) is 0 Å². The number of H-pyrrole nitrogens is 1. The Balaban J connectivity index is 1.92. The van der Waals surface area contributed by atoms with Gasteiger partial charge in [-0.25, -0.2) is 5.10 Å². The Morgan fingerprint density at radius 1 is 1.32 bits per heavy atom. The number of carbonyl (C=O) groups is 1. The molecule has 3 N–H and O–H groups in total. The van der Waals surface area contributed by atoms with E-state index in [1.165, 1.54) is 12.1 Å². The zero-order chi connectivity index (χ0) is 13.7. The average Bonchev–Trinajstić information content (AvgIpc) is 2.62. The number of rotatable bonds is 3. The summed E-state index contributed by atoms with van der Waals surface area (Å²) in [7, 11) is 0. The van der Waals surface area contributed by atoms with Crippen LogP contribution in [0.3, 0.4) is 0 Å². The number of nitrogens with one attached hydrogen (secondary N) is 2. The number of carbonyl (C=O) groups excluding carboxylic acids is 1. The van der Waals surface area contributed by atoms with Crippen molar-refractivity contribution in [3.05, 3.63) is 28.2 Å². The van der Waals surface area contributed by atoms with Gasteiger partial charge in [-0.1, -0.05) is 25.7 Å². The van der Waals surface area contributed by atoms with Gasteiger partial charge < -0.3 is 10.4 Å². The number of hydrogen-bond acceptors (Lipinski definition) is 4. The molecule has 1 aliphatic rings. The second kappa shape index (κ2) is 5.97. The second-order valence-corrected chi connectivity index (χ2v) is 5.13. The summed E-state index contributed by atoms with van der Waals surface area (Å²) in [6.45, 7) is 0.229. The fourth-order valence-corrected chi connectivity index (χ4v) is 2.37. The van der Waals surface area contributed by atoms with Crippen molar-refractivity contribution in [3.63, 3.8) is 0 Å². The van der Waals surface area contributed by atoms with Crippen LogP contribution in [-0.2, 0) is 0 Å². The number of aliphatic hydroxyl groups is 1. The minimum Gasteiger partial charge on any atom is -0.388 e. The molecule has 0 radical (unpaired) electrons. The van der Waals surface area contributed by atoms with Gasteiger partial charge in [-0.3, -0.25) is 9.59 Å². The molecule has 1 amide bonds. The quantitative estimate of drug-likeness (QED) is 0.697. The Labute approximate surface area is 111 Å². The molecule has 1 heterocycles. The van der Waals surface area contributed by atoms with Gasteiger partial charge in [-0.05, 0) is 18.9 Å². The topological polar surface area (TPSA) is 95.1 Å². The third-order valence-corrected chi connectivity index (χ3v) is 3.52. The number of nitrogens with zero attached hydrogens (tertiary/aromatic N) is 1. The standard InChI is InChI=1S/C13H19N3O3/c17-11-6-5-10(15-16-11)12(18)14-9-13(19)7-3-1-2-4-8-13/h5-6,19H,1-4,7-9H2,(H,14,18)(H,16,17). The number of aromatic amines is 1. The van der Waals surface area contributed by atoms with Crippen molar-refractivity contribution >= 4 is 5.91 Å². The van der Waals surface area contributed by atoms with Crippen LogP contribution in [0.15, 0.2) is 16.9 Å². The fourth-order valence-electron chi connectivity index (χ4n) is 2.37. The summed E-state index contributed by atoms with van der Waals surface area (Å²) in [5, 5.41) is 18.9. The van der Waals surface area contributed by atoms with Crippen LogP contribution in [0.2, 0.25) is 0 Å².